The fraction of sp³-hybridized carbons (Fsp3) is 0.0952. The standard InChI is InChI=1S/C21H16FNO2/c1-24-18-9-10-20(22)19(12-18)16-7-8-17(13-23)21(11-16)25-14-15-5-3-2-4-6-15/h2-12H,14H2,1H3. The number of benzene rings is 3. The van der Waals surface area contributed by atoms with E-state index in [0.717, 1.165) is 5.56 Å². The number of halogens is 1. The van der Waals surface area contributed by atoms with Crippen molar-refractivity contribution in [1.82, 2.24) is 0 Å². The maximum Gasteiger partial charge on any atom is 0.138 e. The van der Waals surface area contributed by atoms with Crippen molar-refractivity contribution in [3.05, 3.63) is 83.7 Å². The van der Waals surface area contributed by atoms with Crippen molar-refractivity contribution in [2.24, 2.45) is 0 Å². The quantitative estimate of drug-likeness (QED) is 0.663. The monoisotopic (exact) mass is 333 g/mol. The van der Waals surface area contributed by atoms with E-state index < -0.39 is 0 Å². The van der Waals surface area contributed by atoms with Gasteiger partial charge in [-0.15, -0.1) is 0 Å². The summed E-state index contributed by atoms with van der Waals surface area (Å²) in [6.45, 7) is 0.333. The molecular formula is C21H16FNO2. The van der Waals surface area contributed by atoms with Gasteiger partial charge in [0.1, 0.15) is 30.0 Å². The normalized spacial score (nSPS) is 10.1. The smallest absolute Gasteiger partial charge is 0.138 e. The molecule has 4 heteroatoms. The number of ether oxygens (including phenoxy) is 2. The summed E-state index contributed by atoms with van der Waals surface area (Å²) in [7, 11) is 1.53. The zero-order valence-electron chi connectivity index (χ0n) is 13.7. The second kappa shape index (κ2) is 7.50. The Balaban J connectivity index is 1.94. The van der Waals surface area contributed by atoms with Gasteiger partial charge in [0.05, 0.1) is 12.7 Å². The van der Waals surface area contributed by atoms with Crippen molar-refractivity contribution in [3.63, 3.8) is 0 Å². The highest BCUT2D eigenvalue weighted by Gasteiger charge is 2.11. The molecule has 3 rings (SSSR count). The Morgan fingerprint density at radius 3 is 2.52 bits per heavy atom. The zero-order chi connectivity index (χ0) is 17.6. The van der Waals surface area contributed by atoms with Crippen LogP contribution in [-0.4, -0.2) is 7.11 Å². The average Bonchev–Trinajstić information content (AvgIpc) is 2.67. The van der Waals surface area contributed by atoms with E-state index in [-0.39, 0.29) is 5.82 Å². The first-order valence-corrected chi connectivity index (χ1v) is 7.76. The van der Waals surface area contributed by atoms with Crippen LogP contribution in [0.3, 0.4) is 0 Å². The first-order valence-electron chi connectivity index (χ1n) is 7.76. The van der Waals surface area contributed by atoms with Crippen molar-refractivity contribution in [1.29, 1.82) is 5.26 Å². The van der Waals surface area contributed by atoms with Crippen LogP contribution in [0.1, 0.15) is 11.1 Å². The van der Waals surface area contributed by atoms with Gasteiger partial charge in [0.15, 0.2) is 0 Å². The maximum absolute atomic E-state index is 14.2. The summed E-state index contributed by atoms with van der Waals surface area (Å²) in [4.78, 5) is 0. The van der Waals surface area contributed by atoms with Gasteiger partial charge in [-0.05, 0) is 41.5 Å². The van der Waals surface area contributed by atoms with Crippen molar-refractivity contribution >= 4 is 0 Å². The third kappa shape index (κ3) is 3.78. The Morgan fingerprint density at radius 1 is 1.00 bits per heavy atom. The third-order valence-corrected chi connectivity index (χ3v) is 3.82. The largest absolute Gasteiger partial charge is 0.497 e. The van der Waals surface area contributed by atoms with Gasteiger partial charge in [-0.3, -0.25) is 0 Å². The Hall–Kier alpha value is -3.32. The van der Waals surface area contributed by atoms with Gasteiger partial charge < -0.3 is 9.47 Å². The minimum absolute atomic E-state index is 0.333. The third-order valence-electron chi connectivity index (χ3n) is 3.82. The molecule has 0 aromatic heterocycles. The average molecular weight is 333 g/mol. The second-order valence-corrected chi connectivity index (χ2v) is 5.44. The summed E-state index contributed by atoms with van der Waals surface area (Å²) >= 11 is 0. The molecule has 0 bridgehead atoms. The van der Waals surface area contributed by atoms with Gasteiger partial charge >= 0.3 is 0 Å². The van der Waals surface area contributed by atoms with Crippen LogP contribution < -0.4 is 9.47 Å². The molecule has 3 aromatic carbocycles. The number of rotatable bonds is 5. The van der Waals surface area contributed by atoms with Gasteiger partial charge in [0, 0.05) is 5.56 Å². The summed E-state index contributed by atoms with van der Waals surface area (Å²) in [6, 6.07) is 21.3. The number of nitrogens with zero attached hydrogens (tertiary/aromatic N) is 1. The SMILES string of the molecule is COc1ccc(F)c(-c2ccc(C#N)c(OCc3ccccc3)c2)c1. The topological polar surface area (TPSA) is 42.2 Å². The van der Waals surface area contributed by atoms with E-state index in [9.17, 15) is 9.65 Å². The fourth-order valence-corrected chi connectivity index (χ4v) is 2.49. The predicted octanol–water partition coefficient (Wildman–Crippen LogP) is 4.95. The lowest BCUT2D eigenvalue weighted by Gasteiger charge is -2.11. The molecule has 0 N–H and O–H groups in total. The lowest BCUT2D eigenvalue weighted by atomic mass is 10.0. The number of hydrogen-bond donors (Lipinski definition) is 0. The molecule has 0 saturated heterocycles. The van der Waals surface area contributed by atoms with Crippen LogP contribution in [0.4, 0.5) is 4.39 Å². The molecule has 0 aliphatic carbocycles. The lowest BCUT2D eigenvalue weighted by molar-refractivity contribution is 0.305. The zero-order valence-corrected chi connectivity index (χ0v) is 13.7. The molecule has 0 amide bonds. The molecule has 0 heterocycles. The molecule has 0 saturated carbocycles. The van der Waals surface area contributed by atoms with E-state index in [1.807, 2.05) is 30.3 Å². The van der Waals surface area contributed by atoms with Crippen molar-refractivity contribution < 1.29 is 13.9 Å². The van der Waals surface area contributed by atoms with Crippen molar-refractivity contribution in [3.8, 4) is 28.7 Å². The molecule has 3 aromatic rings. The van der Waals surface area contributed by atoms with Gasteiger partial charge in [-0.25, -0.2) is 4.39 Å². The molecule has 124 valence electrons. The van der Waals surface area contributed by atoms with E-state index >= 15 is 0 Å². The Kier molecular flexibility index (Phi) is 4.96. The van der Waals surface area contributed by atoms with Crippen LogP contribution in [0.25, 0.3) is 11.1 Å². The predicted molar refractivity (Wildman–Crippen MR) is 93.9 cm³/mol. The molecule has 0 aliphatic heterocycles. The molecule has 0 radical (unpaired) electrons. The Bertz CT molecular complexity index is 917. The van der Waals surface area contributed by atoms with Crippen LogP contribution in [0, 0.1) is 17.1 Å². The summed E-state index contributed by atoms with van der Waals surface area (Å²) in [5, 5.41) is 9.29. The van der Waals surface area contributed by atoms with Crippen LogP contribution in [-0.2, 0) is 6.61 Å². The van der Waals surface area contributed by atoms with Crippen LogP contribution in [0.2, 0.25) is 0 Å². The number of nitriles is 1. The molecule has 0 spiro atoms. The summed E-state index contributed by atoms with van der Waals surface area (Å²) < 4.78 is 25.2. The molecule has 3 nitrogen and oxygen atoms in total. The fourth-order valence-electron chi connectivity index (χ4n) is 2.49. The highest BCUT2D eigenvalue weighted by Crippen LogP contribution is 2.31. The minimum atomic E-state index is -0.362. The van der Waals surface area contributed by atoms with Crippen LogP contribution >= 0.6 is 0 Å². The van der Waals surface area contributed by atoms with E-state index in [1.165, 1.54) is 13.2 Å². The summed E-state index contributed by atoms with van der Waals surface area (Å²) in [6.07, 6.45) is 0. The summed E-state index contributed by atoms with van der Waals surface area (Å²) in [5.74, 6) is 0.623. The first-order chi connectivity index (χ1) is 12.2. The first kappa shape index (κ1) is 16.5. The molecule has 0 fully saturated rings. The highest BCUT2D eigenvalue weighted by molar-refractivity contribution is 5.69. The molecule has 25 heavy (non-hydrogen) atoms. The maximum atomic E-state index is 14.2. The highest BCUT2D eigenvalue weighted by atomic mass is 19.1. The Morgan fingerprint density at radius 2 is 1.80 bits per heavy atom. The van der Waals surface area contributed by atoms with Crippen LogP contribution in [0.5, 0.6) is 11.5 Å². The van der Waals surface area contributed by atoms with Crippen molar-refractivity contribution in [2.45, 2.75) is 6.61 Å². The van der Waals surface area contributed by atoms with Crippen molar-refractivity contribution in [2.75, 3.05) is 7.11 Å². The van der Waals surface area contributed by atoms with Gasteiger partial charge in [0.25, 0.3) is 0 Å². The van der Waals surface area contributed by atoms with E-state index in [2.05, 4.69) is 6.07 Å². The number of methoxy groups -OCH3 is 1. The Labute approximate surface area is 145 Å². The van der Waals surface area contributed by atoms with E-state index in [1.54, 1.807) is 30.3 Å². The minimum Gasteiger partial charge on any atom is -0.497 e. The van der Waals surface area contributed by atoms with Crippen LogP contribution in [0.15, 0.2) is 66.7 Å². The lowest BCUT2D eigenvalue weighted by Crippen LogP contribution is -1.98. The number of hydrogen-bond acceptors (Lipinski definition) is 3. The summed E-state index contributed by atoms with van der Waals surface area (Å²) in [5.41, 5.74) is 2.42. The second-order valence-electron chi connectivity index (χ2n) is 5.44. The van der Waals surface area contributed by atoms with E-state index in [4.69, 9.17) is 9.47 Å². The molecule has 0 aliphatic rings. The van der Waals surface area contributed by atoms with Gasteiger partial charge in [-0.1, -0.05) is 36.4 Å². The molecular weight excluding hydrogens is 317 g/mol. The molecule has 0 atom stereocenters. The van der Waals surface area contributed by atoms with Gasteiger partial charge in [-0.2, -0.15) is 5.26 Å². The van der Waals surface area contributed by atoms with E-state index in [0.29, 0.717) is 34.8 Å². The molecule has 0 unspecified atom stereocenters. The van der Waals surface area contributed by atoms with Gasteiger partial charge in [0.2, 0.25) is 0 Å².